The maximum Gasteiger partial charge on any atom is 0.264 e. The number of hydrogen-bond acceptors (Lipinski definition) is 3. The fourth-order valence-electron chi connectivity index (χ4n) is 2.59. The number of amides is 2. The molecule has 1 saturated heterocycles. The number of rotatable bonds is 2. The minimum Gasteiger partial charge on any atom is -0.324 e. The van der Waals surface area contributed by atoms with E-state index in [1.54, 1.807) is 30.0 Å². The number of benzene rings is 1. The van der Waals surface area contributed by atoms with E-state index in [1.807, 2.05) is 11.4 Å². The molecular weight excluding hydrogens is 303 g/mol. The number of carbonyl (C=O) groups excluding carboxylic acids is 2. The standard InChI is InChI=1S/C16H15FN2O2S/c1-11-15(20)19(13-5-2-4-12(17)10-13)8-7-18(11)16(21)14-6-3-9-22-14/h2-6,9-11H,7-8H2,1H3. The second-order valence-electron chi connectivity index (χ2n) is 5.12. The molecule has 0 radical (unpaired) electrons. The van der Waals surface area contributed by atoms with Crippen molar-refractivity contribution in [1.29, 1.82) is 0 Å². The molecule has 2 aromatic rings. The van der Waals surface area contributed by atoms with E-state index < -0.39 is 6.04 Å². The van der Waals surface area contributed by atoms with E-state index in [0.717, 1.165) is 0 Å². The summed E-state index contributed by atoms with van der Waals surface area (Å²) in [5.41, 5.74) is 0.528. The van der Waals surface area contributed by atoms with Crippen molar-refractivity contribution >= 4 is 28.8 Å². The van der Waals surface area contributed by atoms with Crippen LogP contribution in [0, 0.1) is 5.82 Å². The Kier molecular flexibility index (Phi) is 3.94. The highest BCUT2D eigenvalue weighted by atomic mass is 32.1. The normalized spacial score (nSPS) is 18.6. The van der Waals surface area contributed by atoms with E-state index in [-0.39, 0.29) is 17.6 Å². The third-order valence-electron chi connectivity index (χ3n) is 3.77. The predicted octanol–water partition coefficient (Wildman–Crippen LogP) is 2.76. The second-order valence-corrected chi connectivity index (χ2v) is 6.07. The van der Waals surface area contributed by atoms with Crippen LogP contribution < -0.4 is 4.90 Å². The minimum absolute atomic E-state index is 0.130. The predicted molar refractivity (Wildman–Crippen MR) is 83.6 cm³/mol. The van der Waals surface area contributed by atoms with Gasteiger partial charge in [-0.05, 0) is 36.6 Å². The van der Waals surface area contributed by atoms with Crippen LogP contribution in [-0.2, 0) is 4.79 Å². The van der Waals surface area contributed by atoms with Gasteiger partial charge in [0.15, 0.2) is 0 Å². The Bertz CT molecular complexity index is 702. The maximum atomic E-state index is 13.3. The van der Waals surface area contributed by atoms with Crippen molar-refractivity contribution in [1.82, 2.24) is 4.90 Å². The average Bonchev–Trinajstić information content (AvgIpc) is 3.03. The van der Waals surface area contributed by atoms with E-state index in [9.17, 15) is 14.0 Å². The molecule has 3 rings (SSSR count). The Morgan fingerprint density at radius 1 is 1.27 bits per heavy atom. The van der Waals surface area contributed by atoms with Gasteiger partial charge in [-0.15, -0.1) is 11.3 Å². The minimum atomic E-state index is -0.563. The van der Waals surface area contributed by atoms with Gasteiger partial charge in [-0.3, -0.25) is 9.59 Å². The Hall–Kier alpha value is -2.21. The first-order valence-electron chi connectivity index (χ1n) is 6.99. The summed E-state index contributed by atoms with van der Waals surface area (Å²) in [6.45, 7) is 2.50. The van der Waals surface area contributed by atoms with Crippen molar-refractivity contribution in [3.05, 3.63) is 52.5 Å². The molecule has 1 atom stereocenters. The molecule has 1 aromatic heterocycles. The Morgan fingerprint density at radius 3 is 2.77 bits per heavy atom. The summed E-state index contributed by atoms with van der Waals surface area (Å²) in [6.07, 6.45) is 0. The van der Waals surface area contributed by atoms with Crippen molar-refractivity contribution < 1.29 is 14.0 Å². The molecule has 0 spiro atoms. The second kappa shape index (κ2) is 5.88. The van der Waals surface area contributed by atoms with Crippen LogP contribution in [0.15, 0.2) is 41.8 Å². The molecule has 2 amide bonds. The molecule has 1 aliphatic heterocycles. The lowest BCUT2D eigenvalue weighted by molar-refractivity contribution is -0.124. The SMILES string of the molecule is CC1C(=O)N(c2cccc(F)c2)CCN1C(=O)c1cccs1. The molecule has 1 aromatic carbocycles. The largest absolute Gasteiger partial charge is 0.324 e. The highest BCUT2D eigenvalue weighted by molar-refractivity contribution is 7.12. The molecule has 0 saturated carbocycles. The zero-order chi connectivity index (χ0) is 15.7. The fraction of sp³-hybridized carbons (Fsp3) is 0.250. The Balaban J connectivity index is 1.80. The summed E-state index contributed by atoms with van der Waals surface area (Å²) >= 11 is 1.36. The van der Waals surface area contributed by atoms with Gasteiger partial charge in [-0.1, -0.05) is 12.1 Å². The third kappa shape index (κ3) is 2.62. The van der Waals surface area contributed by atoms with Crippen LogP contribution in [0.2, 0.25) is 0 Å². The first-order valence-corrected chi connectivity index (χ1v) is 7.87. The summed E-state index contributed by atoms with van der Waals surface area (Å²) in [6, 6.07) is 8.95. The lowest BCUT2D eigenvalue weighted by Gasteiger charge is -2.39. The molecular formula is C16H15FN2O2S. The Morgan fingerprint density at radius 2 is 2.09 bits per heavy atom. The van der Waals surface area contributed by atoms with Gasteiger partial charge in [0.2, 0.25) is 5.91 Å². The number of piperazine rings is 1. The van der Waals surface area contributed by atoms with E-state index in [0.29, 0.717) is 23.7 Å². The number of nitrogens with zero attached hydrogens (tertiary/aromatic N) is 2. The first-order chi connectivity index (χ1) is 10.6. The fourth-order valence-corrected chi connectivity index (χ4v) is 3.27. The van der Waals surface area contributed by atoms with Gasteiger partial charge < -0.3 is 9.80 Å². The van der Waals surface area contributed by atoms with E-state index in [4.69, 9.17) is 0 Å². The van der Waals surface area contributed by atoms with E-state index in [2.05, 4.69) is 0 Å². The van der Waals surface area contributed by atoms with Crippen molar-refractivity contribution in [2.75, 3.05) is 18.0 Å². The molecule has 114 valence electrons. The number of thiophene rings is 1. The first kappa shape index (κ1) is 14.7. The van der Waals surface area contributed by atoms with Crippen LogP contribution in [0.3, 0.4) is 0 Å². The van der Waals surface area contributed by atoms with E-state index in [1.165, 1.54) is 28.4 Å². The molecule has 4 nitrogen and oxygen atoms in total. The van der Waals surface area contributed by atoms with Crippen LogP contribution in [0.5, 0.6) is 0 Å². The maximum absolute atomic E-state index is 13.3. The van der Waals surface area contributed by atoms with Crippen LogP contribution >= 0.6 is 11.3 Å². The van der Waals surface area contributed by atoms with Gasteiger partial charge in [-0.25, -0.2) is 4.39 Å². The number of hydrogen-bond donors (Lipinski definition) is 0. The zero-order valence-electron chi connectivity index (χ0n) is 12.0. The van der Waals surface area contributed by atoms with E-state index >= 15 is 0 Å². The quantitative estimate of drug-likeness (QED) is 0.854. The summed E-state index contributed by atoms with van der Waals surface area (Å²) in [7, 11) is 0. The summed E-state index contributed by atoms with van der Waals surface area (Å²) in [5.74, 6) is -0.702. The number of anilines is 1. The molecule has 0 N–H and O–H groups in total. The van der Waals surface area contributed by atoms with Crippen LogP contribution in [-0.4, -0.2) is 35.8 Å². The van der Waals surface area contributed by atoms with Gasteiger partial charge in [-0.2, -0.15) is 0 Å². The molecule has 0 aliphatic carbocycles. The van der Waals surface area contributed by atoms with Crippen molar-refractivity contribution in [2.45, 2.75) is 13.0 Å². The van der Waals surface area contributed by atoms with Gasteiger partial charge >= 0.3 is 0 Å². The molecule has 1 aliphatic rings. The van der Waals surface area contributed by atoms with Gasteiger partial charge in [0.05, 0.1) is 4.88 Å². The van der Waals surface area contributed by atoms with Crippen molar-refractivity contribution in [3.63, 3.8) is 0 Å². The van der Waals surface area contributed by atoms with Crippen LogP contribution in [0.4, 0.5) is 10.1 Å². The highest BCUT2D eigenvalue weighted by Gasteiger charge is 2.35. The summed E-state index contributed by atoms with van der Waals surface area (Å²) in [4.78, 5) is 28.7. The lowest BCUT2D eigenvalue weighted by atomic mass is 10.1. The lowest BCUT2D eigenvalue weighted by Crippen LogP contribution is -2.57. The number of halogens is 1. The monoisotopic (exact) mass is 318 g/mol. The summed E-state index contributed by atoms with van der Waals surface area (Å²) in [5, 5.41) is 1.84. The van der Waals surface area contributed by atoms with Crippen molar-refractivity contribution in [2.24, 2.45) is 0 Å². The van der Waals surface area contributed by atoms with Crippen molar-refractivity contribution in [3.8, 4) is 0 Å². The highest BCUT2D eigenvalue weighted by Crippen LogP contribution is 2.23. The Labute approximate surface area is 131 Å². The van der Waals surface area contributed by atoms with Crippen LogP contribution in [0.1, 0.15) is 16.6 Å². The van der Waals surface area contributed by atoms with Gasteiger partial charge in [0.25, 0.3) is 5.91 Å². The average molecular weight is 318 g/mol. The molecule has 6 heteroatoms. The van der Waals surface area contributed by atoms with Crippen LogP contribution in [0.25, 0.3) is 0 Å². The molecule has 1 fully saturated rings. The molecule has 0 bridgehead atoms. The molecule has 1 unspecified atom stereocenters. The smallest absolute Gasteiger partial charge is 0.264 e. The number of carbonyl (C=O) groups is 2. The molecule has 22 heavy (non-hydrogen) atoms. The summed E-state index contributed by atoms with van der Waals surface area (Å²) < 4.78 is 13.3. The van der Waals surface area contributed by atoms with Gasteiger partial charge in [0, 0.05) is 18.8 Å². The topological polar surface area (TPSA) is 40.6 Å². The third-order valence-corrected chi connectivity index (χ3v) is 4.63. The zero-order valence-corrected chi connectivity index (χ0v) is 12.8. The molecule has 2 heterocycles. The van der Waals surface area contributed by atoms with Gasteiger partial charge in [0.1, 0.15) is 11.9 Å².